The van der Waals surface area contributed by atoms with Crippen LogP contribution in [0.3, 0.4) is 0 Å². The highest BCUT2D eigenvalue weighted by atomic mass is 16.5. The smallest absolute Gasteiger partial charge is 0.191 e. The molecule has 0 aromatic heterocycles. The number of rotatable bonds is 8. The number of aliphatic imine (C=N–C) groups is 1. The minimum absolute atomic E-state index is 0.472. The van der Waals surface area contributed by atoms with Gasteiger partial charge in [0.2, 0.25) is 0 Å². The number of benzene rings is 1. The van der Waals surface area contributed by atoms with Crippen molar-refractivity contribution >= 4 is 5.96 Å². The molecule has 0 aliphatic heterocycles. The van der Waals surface area contributed by atoms with E-state index >= 15 is 0 Å². The summed E-state index contributed by atoms with van der Waals surface area (Å²) in [6.45, 7) is 6.57. The molecular weight excluding hydrogens is 302 g/mol. The van der Waals surface area contributed by atoms with Crippen molar-refractivity contribution in [3.05, 3.63) is 23.8 Å². The molecule has 1 aromatic carbocycles. The maximum Gasteiger partial charge on any atom is 0.191 e. The summed E-state index contributed by atoms with van der Waals surface area (Å²) in [7, 11) is 3.47. The Morgan fingerprint density at radius 3 is 2.54 bits per heavy atom. The van der Waals surface area contributed by atoms with Crippen molar-refractivity contribution in [1.29, 1.82) is 0 Å². The number of nitrogens with one attached hydrogen (secondary N) is 2. The fraction of sp³-hybridized carbons (Fsp3) is 0.632. The van der Waals surface area contributed by atoms with Gasteiger partial charge >= 0.3 is 0 Å². The summed E-state index contributed by atoms with van der Waals surface area (Å²) in [5.41, 5.74) is 1.61. The van der Waals surface area contributed by atoms with E-state index in [1.165, 1.54) is 25.7 Å². The van der Waals surface area contributed by atoms with Gasteiger partial charge in [0.1, 0.15) is 0 Å². The molecule has 0 heterocycles. The molecule has 1 saturated carbocycles. The monoisotopic (exact) mass is 333 g/mol. The molecule has 24 heavy (non-hydrogen) atoms. The van der Waals surface area contributed by atoms with E-state index in [2.05, 4.69) is 22.5 Å². The fourth-order valence-electron chi connectivity index (χ4n) is 3.11. The molecule has 2 rings (SSSR count). The number of nitrogens with zero attached hydrogens (tertiary/aromatic N) is 1. The highest BCUT2D eigenvalue weighted by Crippen LogP contribution is 2.42. The van der Waals surface area contributed by atoms with Crippen LogP contribution in [0.1, 0.15) is 45.1 Å². The van der Waals surface area contributed by atoms with Gasteiger partial charge in [0.25, 0.3) is 0 Å². The van der Waals surface area contributed by atoms with E-state index in [1.807, 2.05) is 32.2 Å². The van der Waals surface area contributed by atoms with Crippen molar-refractivity contribution < 1.29 is 9.47 Å². The van der Waals surface area contributed by atoms with Gasteiger partial charge < -0.3 is 20.1 Å². The van der Waals surface area contributed by atoms with Crippen LogP contribution < -0.4 is 20.1 Å². The lowest BCUT2D eigenvalue weighted by atomic mass is 9.67. The average molecular weight is 333 g/mol. The summed E-state index contributed by atoms with van der Waals surface area (Å²) in [6.07, 6.45) is 5.23. The van der Waals surface area contributed by atoms with Crippen molar-refractivity contribution in [3.8, 4) is 11.5 Å². The third kappa shape index (κ3) is 4.56. The molecule has 5 heteroatoms. The molecule has 1 aliphatic rings. The first kappa shape index (κ1) is 18.4. The maximum absolute atomic E-state index is 5.63. The quantitative estimate of drug-likeness (QED) is 0.566. The maximum atomic E-state index is 5.63. The number of methoxy groups -OCH3 is 1. The minimum atomic E-state index is 0.472. The summed E-state index contributed by atoms with van der Waals surface area (Å²) in [6, 6.07) is 6.00. The van der Waals surface area contributed by atoms with Gasteiger partial charge in [-0.05, 0) is 49.3 Å². The van der Waals surface area contributed by atoms with Gasteiger partial charge in [0.05, 0.1) is 13.7 Å². The van der Waals surface area contributed by atoms with Crippen LogP contribution in [0, 0.1) is 5.41 Å². The van der Waals surface area contributed by atoms with Crippen LogP contribution in [-0.2, 0) is 6.54 Å². The summed E-state index contributed by atoms with van der Waals surface area (Å²) in [5, 5.41) is 6.86. The first-order valence-electron chi connectivity index (χ1n) is 8.90. The molecule has 0 unspecified atom stereocenters. The zero-order valence-electron chi connectivity index (χ0n) is 15.4. The Morgan fingerprint density at radius 1 is 1.21 bits per heavy atom. The molecule has 1 aliphatic carbocycles. The third-order valence-corrected chi connectivity index (χ3v) is 5.01. The number of guanidine groups is 1. The van der Waals surface area contributed by atoms with Gasteiger partial charge in [-0.2, -0.15) is 0 Å². The molecule has 0 atom stereocenters. The second-order valence-corrected chi connectivity index (χ2v) is 6.40. The van der Waals surface area contributed by atoms with E-state index in [9.17, 15) is 0 Å². The van der Waals surface area contributed by atoms with Crippen LogP contribution in [0.2, 0.25) is 0 Å². The lowest BCUT2D eigenvalue weighted by Gasteiger charge is -2.41. The Hall–Kier alpha value is -1.91. The highest BCUT2D eigenvalue weighted by Gasteiger charge is 2.34. The lowest BCUT2D eigenvalue weighted by Crippen LogP contribution is -2.46. The van der Waals surface area contributed by atoms with Gasteiger partial charge in [-0.3, -0.25) is 4.99 Å². The van der Waals surface area contributed by atoms with Crippen molar-refractivity contribution in [2.75, 3.05) is 27.3 Å². The summed E-state index contributed by atoms with van der Waals surface area (Å²) in [4.78, 5) is 4.33. The van der Waals surface area contributed by atoms with E-state index in [1.54, 1.807) is 7.11 Å². The first-order chi connectivity index (χ1) is 11.7. The second-order valence-electron chi connectivity index (χ2n) is 6.40. The topological polar surface area (TPSA) is 54.9 Å². The van der Waals surface area contributed by atoms with Gasteiger partial charge in [-0.25, -0.2) is 0 Å². The summed E-state index contributed by atoms with van der Waals surface area (Å²) >= 11 is 0. The molecule has 2 N–H and O–H groups in total. The molecule has 0 amide bonds. The van der Waals surface area contributed by atoms with Crippen LogP contribution in [0.5, 0.6) is 11.5 Å². The van der Waals surface area contributed by atoms with E-state index in [4.69, 9.17) is 9.47 Å². The normalized spacial score (nSPS) is 16.2. The molecule has 1 aromatic rings. The van der Waals surface area contributed by atoms with E-state index in [0.29, 0.717) is 18.6 Å². The second kappa shape index (κ2) is 8.81. The van der Waals surface area contributed by atoms with Gasteiger partial charge in [0, 0.05) is 20.1 Å². The Balaban J connectivity index is 1.89. The van der Waals surface area contributed by atoms with E-state index < -0.39 is 0 Å². The molecule has 1 fully saturated rings. The Morgan fingerprint density at radius 2 is 2.00 bits per heavy atom. The fourth-order valence-corrected chi connectivity index (χ4v) is 3.11. The van der Waals surface area contributed by atoms with Crippen molar-refractivity contribution in [2.45, 2.75) is 46.1 Å². The third-order valence-electron chi connectivity index (χ3n) is 5.01. The molecule has 5 nitrogen and oxygen atoms in total. The van der Waals surface area contributed by atoms with Crippen molar-refractivity contribution in [2.24, 2.45) is 10.4 Å². The lowest BCUT2D eigenvalue weighted by molar-refractivity contribution is 0.131. The number of hydrogen-bond acceptors (Lipinski definition) is 3. The molecule has 0 spiro atoms. The largest absolute Gasteiger partial charge is 0.493 e. The van der Waals surface area contributed by atoms with Crippen LogP contribution in [0.4, 0.5) is 0 Å². The predicted octanol–water partition coefficient (Wildman–Crippen LogP) is 3.34. The zero-order valence-corrected chi connectivity index (χ0v) is 15.4. The number of ether oxygens (including phenoxy) is 2. The van der Waals surface area contributed by atoms with Crippen molar-refractivity contribution in [3.63, 3.8) is 0 Å². The van der Waals surface area contributed by atoms with Crippen LogP contribution in [-0.4, -0.2) is 33.3 Å². The first-order valence-corrected chi connectivity index (χ1v) is 8.90. The molecular formula is C19H31N3O2. The van der Waals surface area contributed by atoms with E-state index in [0.717, 1.165) is 29.6 Å². The Kier molecular flexibility index (Phi) is 6.76. The van der Waals surface area contributed by atoms with Gasteiger partial charge in [0.15, 0.2) is 17.5 Å². The predicted molar refractivity (Wildman–Crippen MR) is 98.9 cm³/mol. The SMILES string of the molecule is CCOc1cc(CNC(=NC)NCC2(CC)CCC2)ccc1OC. The van der Waals surface area contributed by atoms with Crippen LogP contribution in [0.25, 0.3) is 0 Å². The van der Waals surface area contributed by atoms with Crippen molar-refractivity contribution in [1.82, 2.24) is 10.6 Å². The van der Waals surface area contributed by atoms with Crippen LogP contribution in [0.15, 0.2) is 23.2 Å². The average Bonchev–Trinajstić information content (AvgIpc) is 2.57. The highest BCUT2D eigenvalue weighted by molar-refractivity contribution is 5.79. The van der Waals surface area contributed by atoms with Gasteiger partial charge in [-0.1, -0.05) is 19.4 Å². The molecule has 0 bridgehead atoms. The molecule has 0 radical (unpaired) electrons. The van der Waals surface area contributed by atoms with Gasteiger partial charge in [-0.15, -0.1) is 0 Å². The minimum Gasteiger partial charge on any atom is -0.493 e. The molecule has 134 valence electrons. The Labute approximate surface area is 145 Å². The summed E-state index contributed by atoms with van der Waals surface area (Å²) < 4.78 is 11.0. The molecule has 0 saturated heterocycles. The Bertz CT molecular complexity index is 548. The van der Waals surface area contributed by atoms with E-state index in [-0.39, 0.29) is 0 Å². The number of hydrogen-bond donors (Lipinski definition) is 2. The summed E-state index contributed by atoms with van der Waals surface area (Å²) in [5.74, 6) is 2.39. The standard InChI is InChI=1S/C19H31N3O2/c1-5-19(10-7-11-19)14-22-18(20-3)21-13-15-8-9-16(23-4)17(12-15)24-6-2/h8-9,12H,5-7,10-11,13-14H2,1-4H3,(H2,20,21,22). The van der Waals surface area contributed by atoms with Crippen LogP contribution >= 0.6 is 0 Å². The zero-order chi connectivity index (χ0) is 17.4.